The van der Waals surface area contributed by atoms with Gasteiger partial charge in [0.1, 0.15) is 23.3 Å². The predicted octanol–water partition coefficient (Wildman–Crippen LogP) is 3.81. The average Bonchev–Trinajstić information content (AvgIpc) is 2.83. The molecular weight excluding hydrogens is 454 g/mol. The van der Waals surface area contributed by atoms with Crippen molar-refractivity contribution in [2.75, 3.05) is 10.6 Å². The number of amides is 2. The molecule has 0 atom stereocenters. The molecule has 1 heterocycles. The molecule has 0 aliphatic carbocycles. The Hall–Kier alpha value is -4.53. The highest BCUT2D eigenvalue weighted by atomic mass is 16.2. The van der Waals surface area contributed by atoms with Crippen LogP contribution in [0.15, 0.2) is 76.7 Å². The van der Waals surface area contributed by atoms with Gasteiger partial charge < -0.3 is 22.1 Å². The zero-order valence-corrected chi connectivity index (χ0v) is 20.8. The standard InChI is InChI=1S/C27H31N7O2/c1-16(2)30-24(28)18-8-12-20(13-9-18)26(35)33-22-6-5-7-23(32-22)34-27(36)21-14-10-19(11-15-21)25(29)31-17(3)4/h5-17H,1-4H3,(H2,28,30)(H2,29,31)(H2,32,33,34,35,36). The van der Waals surface area contributed by atoms with E-state index in [1.807, 2.05) is 27.7 Å². The summed E-state index contributed by atoms with van der Waals surface area (Å²) < 4.78 is 0. The molecule has 0 saturated heterocycles. The number of nitrogens with two attached hydrogens (primary N) is 2. The van der Waals surface area contributed by atoms with Crippen molar-refractivity contribution in [3.63, 3.8) is 0 Å². The van der Waals surface area contributed by atoms with Crippen molar-refractivity contribution in [1.82, 2.24) is 4.98 Å². The Kier molecular flexibility index (Phi) is 8.51. The van der Waals surface area contributed by atoms with Crippen molar-refractivity contribution >= 4 is 35.1 Å². The van der Waals surface area contributed by atoms with Gasteiger partial charge in [-0.2, -0.15) is 0 Å². The number of amidine groups is 2. The number of aromatic nitrogens is 1. The van der Waals surface area contributed by atoms with Crippen molar-refractivity contribution in [2.24, 2.45) is 21.5 Å². The van der Waals surface area contributed by atoms with Gasteiger partial charge in [0.2, 0.25) is 0 Å². The van der Waals surface area contributed by atoms with Crippen molar-refractivity contribution in [1.29, 1.82) is 0 Å². The van der Waals surface area contributed by atoms with E-state index in [4.69, 9.17) is 11.5 Å². The van der Waals surface area contributed by atoms with E-state index in [9.17, 15) is 9.59 Å². The summed E-state index contributed by atoms with van der Waals surface area (Å²) >= 11 is 0. The molecule has 2 aromatic carbocycles. The molecule has 9 nitrogen and oxygen atoms in total. The van der Waals surface area contributed by atoms with Gasteiger partial charge in [0, 0.05) is 34.3 Å². The number of anilines is 2. The second-order valence-electron chi connectivity index (χ2n) is 8.69. The van der Waals surface area contributed by atoms with Crippen LogP contribution in [0.2, 0.25) is 0 Å². The van der Waals surface area contributed by atoms with E-state index in [0.717, 1.165) is 11.1 Å². The summed E-state index contributed by atoms with van der Waals surface area (Å²) in [6.45, 7) is 7.76. The van der Waals surface area contributed by atoms with Gasteiger partial charge in [0.25, 0.3) is 11.8 Å². The third-order valence-electron chi connectivity index (χ3n) is 4.91. The van der Waals surface area contributed by atoms with Crippen LogP contribution in [-0.4, -0.2) is 40.6 Å². The summed E-state index contributed by atoms with van der Waals surface area (Å²) in [5, 5.41) is 5.48. The lowest BCUT2D eigenvalue weighted by Gasteiger charge is -2.09. The molecule has 0 aliphatic rings. The number of hydrogen-bond acceptors (Lipinski definition) is 5. The van der Waals surface area contributed by atoms with E-state index in [2.05, 4.69) is 25.6 Å². The highest BCUT2D eigenvalue weighted by Crippen LogP contribution is 2.14. The summed E-state index contributed by atoms with van der Waals surface area (Å²) in [4.78, 5) is 38.3. The third-order valence-corrected chi connectivity index (χ3v) is 4.91. The van der Waals surface area contributed by atoms with E-state index in [-0.39, 0.29) is 23.9 Å². The fraction of sp³-hybridized carbons (Fsp3) is 0.222. The summed E-state index contributed by atoms with van der Waals surface area (Å²) in [7, 11) is 0. The first-order valence-electron chi connectivity index (χ1n) is 11.6. The normalized spacial score (nSPS) is 12.1. The van der Waals surface area contributed by atoms with Gasteiger partial charge in [-0.15, -0.1) is 0 Å². The Balaban J connectivity index is 1.65. The van der Waals surface area contributed by atoms with Crippen LogP contribution >= 0.6 is 0 Å². The van der Waals surface area contributed by atoms with Crippen LogP contribution in [0.25, 0.3) is 0 Å². The highest BCUT2D eigenvalue weighted by Gasteiger charge is 2.11. The lowest BCUT2D eigenvalue weighted by molar-refractivity contribution is 0.101. The minimum atomic E-state index is -0.340. The monoisotopic (exact) mass is 485 g/mol. The van der Waals surface area contributed by atoms with Gasteiger partial charge in [-0.1, -0.05) is 30.3 Å². The minimum Gasteiger partial charge on any atom is -0.383 e. The van der Waals surface area contributed by atoms with Gasteiger partial charge in [-0.3, -0.25) is 19.6 Å². The average molecular weight is 486 g/mol. The SMILES string of the molecule is CC(C)N=C(N)c1ccc(C(=O)Nc2cccc(NC(=O)c3ccc(C(N)=NC(C)C)cc3)n2)cc1. The molecule has 186 valence electrons. The van der Waals surface area contributed by atoms with Crippen LogP contribution in [0.5, 0.6) is 0 Å². The zero-order chi connectivity index (χ0) is 26.2. The number of nitrogens with zero attached hydrogens (tertiary/aromatic N) is 3. The van der Waals surface area contributed by atoms with Crippen LogP contribution in [-0.2, 0) is 0 Å². The van der Waals surface area contributed by atoms with Crippen LogP contribution in [0.4, 0.5) is 11.6 Å². The van der Waals surface area contributed by atoms with Gasteiger partial charge in [0.05, 0.1) is 0 Å². The van der Waals surface area contributed by atoms with E-state index < -0.39 is 0 Å². The van der Waals surface area contributed by atoms with Gasteiger partial charge >= 0.3 is 0 Å². The molecule has 0 saturated carbocycles. The van der Waals surface area contributed by atoms with Gasteiger partial charge in [-0.25, -0.2) is 4.98 Å². The number of hydrogen-bond donors (Lipinski definition) is 4. The van der Waals surface area contributed by atoms with Crippen molar-refractivity contribution in [3.05, 3.63) is 89.0 Å². The van der Waals surface area contributed by atoms with Crippen molar-refractivity contribution in [3.8, 4) is 0 Å². The number of nitrogens with one attached hydrogen (secondary N) is 2. The number of benzene rings is 2. The van der Waals surface area contributed by atoms with Crippen molar-refractivity contribution in [2.45, 2.75) is 39.8 Å². The maximum atomic E-state index is 12.7. The van der Waals surface area contributed by atoms with Crippen molar-refractivity contribution < 1.29 is 9.59 Å². The number of aliphatic imine (C=N–C) groups is 2. The fourth-order valence-electron chi connectivity index (χ4n) is 3.24. The quantitative estimate of drug-likeness (QED) is 0.283. The van der Waals surface area contributed by atoms with E-state index in [1.54, 1.807) is 66.7 Å². The third kappa shape index (κ3) is 7.23. The Labute approximate surface area is 210 Å². The molecule has 0 aliphatic heterocycles. The van der Waals surface area contributed by atoms with E-state index in [1.165, 1.54) is 0 Å². The first-order chi connectivity index (χ1) is 17.1. The number of rotatable bonds is 8. The van der Waals surface area contributed by atoms with Crippen LogP contribution < -0.4 is 22.1 Å². The molecule has 1 aromatic heterocycles. The minimum absolute atomic E-state index is 0.0779. The maximum Gasteiger partial charge on any atom is 0.256 e. The summed E-state index contributed by atoms with van der Waals surface area (Å²) in [6.07, 6.45) is 0. The van der Waals surface area contributed by atoms with Gasteiger partial charge in [-0.05, 0) is 64.1 Å². The summed E-state index contributed by atoms with van der Waals surface area (Å²) in [5.41, 5.74) is 14.3. The van der Waals surface area contributed by atoms with Crippen LogP contribution in [0, 0.1) is 0 Å². The Morgan fingerprint density at radius 2 is 0.972 bits per heavy atom. The smallest absolute Gasteiger partial charge is 0.256 e. The van der Waals surface area contributed by atoms with Crippen LogP contribution in [0.1, 0.15) is 59.5 Å². The molecule has 0 bridgehead atoms. The molecule has 0 unspecified atom stereocenters. The highest BCUT2D eigenvalue weighted by molar-refractivity contribution is 6.06. The molecule has 2 amide bonds. The molecule has 9 heteroatoms. The largest absolute Gasteiger partial charge is 0.383 e. The number of carbonyl (C=O) groups excluding carboxylic acids is 2. The Morgan fingerprint density at radius 1 is 0.639 bits per heavy atom. The molecule has 0 fully saturated rings. The van der Waals surface area contributed by atoms with Crippen LogP contribution in [0.3, 0.4) is 0 Å². The summed E-state index contributed by atoms with van der Waals surface area (Å²) in [6, 6.07) is 18.8. The maximum absolute atomic E-state index is 12.7. The zero-order valence-electron chi connectivity index (χ0n) is 20.8. The summed E-state index contributed by atoms with van der Waals surface area (Å²) in [5.74, 6) is 0.764. The molecule has 6 N–H and O–H groups in total. The molecule has 3 rings (SSSR count). The lowest BCUT2D eigenvalue weighted by atomic mass is 10.1. The molecule has 3 aromatic rings. The predicted molar refractivity (Wildman–Crippen MR) is 145 cm³/mol. The van der Waals surface area contributed by atoms with E-state index >= 15 is 0 Å². The first-order valence-corrected chi connectivity index (χ1v) is 11.6. The Morgan fingerprint density at radius 3 is 1.31 bits per heavy atom. The lowest BCUT2D eigenvalue weighted by Crippen LogP contribution is -2.18. The second kappa shape index (κ2) is 11.7. The molecule has 0 spiro atoms. The van der Waals surface area contributed by atoms with Gasteiger partial charge in [0.15, 0.2) is 0 Å². The number of pyridine rings is 1. The molecular formula is C27H31N7O2. The molecule has 36 heavy (non-hydrogen) atoms. The topological polar surface area (TPSA) is 148 Å². The first kappa shape index (κ1) is 26.1. The Bertz CT molecular complexity index is 1180. The van der Waals surface area contributed by atoms with E-state index in [0.29, 0.717) is 34.4 Å². The fourth-order valence-corrected chi connectivity index (χ4v) is 3.24. The second-order valence-corrected chi connectivity index (χ2v) is 8.69. The number of carbonyl (C=O) groups is 2. The molecule has 0 radical (unpaired) electrons.